The monoisotopic (exact) mass is 247 g/mol. The average Bonchev–Trinajstić information content (AvgIpc) is 1.88. The summed E-state index contributed by atoms with van der Waals surface area (Å²) in [6.07, 6.45) is 0. The van der Waals surface area contributed by atoms with Gasteiger partial charge in [-0.05, 0) is 41.1 Å². The summed E-state index contributed by atoms with van der Waals surface area (Å²) < 4.78 is 1.26. The van der Waals surface area contributed by atoms with Crippen LogP contribution in [0.5, 0.6) is 0 Å². The van der Waals surface area contributed by atoms with Crippen molar-refractivity contribution >= 4 is 22.6 Å². The number of hydrogen-bond donors (Lipinski definition) is 1. The molecule has 0 saturated heterocycles. The zero-order valence-corrected chi connectivity index (χ0v) is 8.05. The van der Waals surface area contributed by atoms with Crippen LogP contribution in [-0.2, 0) is 6.54 Å². The van der Waals surface area contributed by atoms with Crippen molar-refractivity contribution in [2.45, 2.75) is 13.5 Å². The molecule has 0 fully saturated rings. The quantitative estimate of drug-likeness (QED) is 0.755. The number of halogens is 1. The zero-order valence-electron chi connectivity index (χ0n) is 5.89. The molecule has 0 unspecified atom stereocenters. The zero-order chi connectivity index (χ0) is 7.56. The molecule has 0 heterocycles. The molecular weight excluding hydrogens is 237 g/mol. The Bertz CT molecular complexity index is 233. The Morgan fingerprint density at radius 3 is 2.70 bits per heavy atom. The molecule has 0 aliphatic carbocycles. The van der Waals surface area contributed by atoms with Crippen LogP contribution < -0.4 is 5.73 Å². The molecule has 10 heavy (non-hydrogen) atoms. The maximum absolute atomic E-state index is 5.50. The van der Waals surface area contributed by atoms with E-state index in [0.717, 1.165) is 0 Å². The molecular formula is C8H10IN. The molecule has 0 saturated carbocycles. The van der Waals surface area contributed by atoms with E-state index in [1.807, 2.05) is 0 Å². The van der Waals surface area contributed by atoms with Crippen LogP contribution in [0.4, 0.5) is 0 Å². The molecule has 1 aromatic carbocycles. The van der Waals surface area contributed by atoms with E-state index >= 15 is 0 Å². The highest BCUT2D eigenvalue weighted by Crippen LogP contribution is 2.12. The highest BCUT2D eigenvalue weighted by atomic mass is 127. The van der Waals surface area contributed by atoms with E-state index in [-0.39, 0.29) is 0 Å². The average molecular weight is 247 g/mol. The number of nitrogens with two attached hydrogens (primary N) is 1. The van der Waals surface area contributed by atoms with Crippen LogP contribution in [0.25, 0.3) is 0 Å². The second-order valence-corrected chi connectivity index (χ2v) is 3.46. The first-order valence-corrected chi connectivity index (χ1v) is 4.27. The standard InChI is InChI=1S/C8H10IN/c1-6-2-3-7(5-10)8(9)4-6/h2-4H,5,10H2,1H3. The third-order valence-corrected chi connectivity index (χ3v) is 2.43. The van der Waals surface area contributed by atoms with Crippen molar-refractivity contribution in [2.75, 3.05) is 0 Å². The summed E-state index contributed by atoms with van der Waals surface area (Å²) in [6, 6.07) is 6.31. The van der Waals surface area contributed by atoms with Crippen molar-refractivity contribution in [1.82, 2.24) is 0 Å². The molecule has 0 spiro atoms. The predicted molar refractivity (Wildman–Crippen MR) is 51.8 cm³/mol. The highest BCUT2D eigenvalue weighted by molar-refractivity contribution is 14.1. The van der Waals surface area contributed by atoms with E-state index in [9.17, 15) is 0 Å². The van der Waals surface area contributed by atoms with Crippen molar-refractivity contribution in [3.63, 3.8) is 0 Å². The van der Waals surface area contributed by atoms with Gasteiger partial charge in [0.25, 0.3) is 0 Å². The maximum atomic E-state index is 5.50. The van der Waals surface area contributed by atoms with E-state index in [4.69, 9.17) is 5.73 Å². The van der Waals surface area contributed by atoms with Gasteiger partial charge < -0.3 is 5.73 Å². The van der Waals surface area contributed by atoms with Crippen LogP contribution >= 0.6 is 22.6 Å². The molecule has 1 aromatic rings. The molecule has 1 nitrogen and oxygen atoms in total. The van der Waals surface area contributed by atoms with Gasteiger partial charge in [-0.25, -0.2) is 0 Å². The minimum atomic E-state index is 0.637. The number of hydrogen-bond acceptors (Lipinski definition) is 1. The lowest BCUT2D eigenvalue weighted by Crippen LogP contribution is -1.98. The van der Waals surface area contributed by atoms with Crippen LogP contribution in [0.15, 0.2) is 18.2 Å². The molecule has 0 aromatic heterocycles. The van der Waals surface area contributed by atoms with E-state index in [1.54, 1.807) is 0 Å². The molecule has 54 valence electrons. The number of aryl methyl sites for hydroxylation is 1. The summed E-state index contributed by atoms with van der Waals surface area (Å²) in [5.74, 6) is 0. The SMILES string of the molecule is Cc1ccc(CN)c(I)c1. The van der Waals surface area contributed by atoms with Crippen LogP contribution in [0.1, 0.15) is 11.1 Å². The number of benzene rings is 1. The molecule has 0 aliphatic rings. The Morgan fingerprint density at radius 2 is 2.20 bits per heavy atom. The molecule has 2 N–H and O–H groups in total. The third-order valence-electron chi connectivity index (χ3n) is 1.43. The largest absolute Gasteiger partial charge is 0.326 e. The van der Waals surface area contributed by atoms with E-state index in [1.165, 1.54) is 14.7 Å². The summed E-state index contributed by atoms with van der Waals surface area (Å²) >= 11 is 2.31. The van der Waals surface area contributed by atoms with Crippen molar-refractivity contribution in [3.05, 3.63) is 32.9 Å². The lowest BCUT2D eigenvalue weighted by molar-refractivity contribution is 1.06. The minimum Gasteiger partial charge on any atom is -0.326 e. The molecule has 0 aliphatic heterocycles. The Kier molecular flexibility index (Phi) is 2.68. The van der Waals surface area contributed by atoms with Gasteiger partial charge >= 0.3 is 0 Å². The van der Waals surface area contributed by atoms with Crippen LogP contribution in [0.3, 0.4) is 0 Å². The first-order valence-electron chi connectivity index (χ1n) is 3.19. The van der Waals surface area contributed by atoms with E-state index in [0.29, 0.717) is 6.54 Å². The first kappa shape index (κ1) is 8.01. The Morgan fingerprint density at radius 1 is 1.50 bits per heavy atom. The van der Waals surface area contributed by atoms with Crippen LogP contribution in [0, 0.1) is 10.5 Å². The second-order valence-electron chi connectivity index (χ2n) is 2.30. The fourth-order valence-electron chi connectivity index (χ4n) is 0.818. The van der Waals surface area contributed by atoms with Gasteiger partial charge in [0, 0.05) is 10.1 Å². The third kappa shape index (κ3) is 1.70. The number of rotatable bonds is 1. The molecule has 0 bridgehead atoms. The fourth-order valence-corrected chi connectivity index (χ4v) is 1.71. The highest BCUT2D eigenvalue weighted by Gasteiger charge is 1.95. The molecule has 0 radical (unpaired) electrons. The van der Waals surface area contributed by atoms with Crippen LogP contribution in [0.2, 0.25) is 0 Å². The Hall–Kier alpha value is -0.0900. The molecule has 1 rings (SSSR count). The normalized spacial score (nSPS) is 9.90. The summed E-state index contributed by atoms with van der Waals surface area (Å²) in [6.45, 7) is 2.72. The maximum Gasteiger partial charge on any atom is 0.0188 e. The van der Waals surface area contributed by atoms with Gasteiger partial charge in [-0.15, -0.1) is 0 Å². The predicted octanol–water partition coefficient (Wildman–Crippen LogP) is 2.06. The van der Waals surface area contributed by atoms with Crippen LogP contribution in [-0.4, -0.2) is 0 Å². The van der Waals surface area contributed by atoms with Gasteiger partial charge in [0.1, 0.15) is 0 Å². The topological polar surface area (TPSA) is 26.0 Å². The van der Waals surface area contributed by atoms with Gasteiger partial charge in [0.05, 0.1) is 0 Å². The van der Waals surface area contributed by atoms with Gasteiger partial charge in [-0.3, -0.25) is 0 Å². The van der Waals surface area contributed by atoms with Gasteiger partial charge in [0.2, 0.25) is 0 Å². The van der Waals surface area contributed by atoms with E-state index < -0.39 is 0 Å². The van der Waals surface area contributed by atoms with Crippen molar-refractivity contribution in [1.29, 1.82) is 0 Å². The fraction of sp³-hybridized carbons (Fsp3) is 0.250. The van der Waals surface area contributed by atoms with E-state index in [2.05, 4.69) is 47.7 Å². The molecule has 0 amide bonds. The molecule has 0 atom stereocenters. The van der Waals surface area contributed by atoms with Crippen molar-refractivity contribution < 1.29 is 0 Å². The van der Waals surface area contributed by atoms with Crippen molar-refractivity contribution in [3.8, 4) is 0 Å². The lowest BCUT2D eigenvalue weighted by atomic mass is 10.2. The first-order chi connectivity index (χ1) is 4.74. The van der Waals surface area contributed by atoms with Gasteiger partial charge in [0.15, 0.2) is 0 Å². The smallest absolute Gasteiger partial charge is 0.0188 e. The lowest BCUT2D eigenvalue weighted by Gasteiger charge is -2.00. The Balaban J connectivity index is 3.07. The Labute approximate surface area is 74.8 Å². The second kappa shape index (κ2) is 3.34. The van der Waals surface area contributed by atoms with Gasteiger partial charge in [-0.1, -0.05) is 17.7 Å². The summed E-state index contributed by atoms with van der Waals surface area (Å²) in [7, 11) is 0. The summed E-state index contributed by atoms with van der Waals surface area (Å²) in [5, 5.41) is 0. The summed E-state index contributed by atoms with van der Waals surface area (Å²) in [4.78, 5) is 0. The summed E-state index contributed by atoms with van der Waals surface area (Å²) in [5.41, 5.74) is 8.02. The van der Waals surface area contributed by atoms with Crippen molar-refractivity contribution in [2.24, 2.45) is 5.73 Å². The van der Waals surface area contributed by atoms with Gasteiger partial charge in [-0.2, -0.15) is 0 Å². The minimum absolute atomic E-state index is 0.637. The molecule has 2 heteroatoms.